The van der Waals surface area contributed by atoms with Gasteiger partial charge in [-0.15, -0.1) is 11.3 Å². The molecule has 6 aromatic rings. The summed E-state index contributed by atoms with van der Waals surface area (Å²) in [5, 5.41) is 7.66. The quantitative estimate of drug-likeness (QED) is 0.209. The molecule has 0 aliphatic heterocycles. The Morgan fingerprint density at radius 3 is 2.17 bits per heavy atom. The Labute approximate surface area is 209 Å². The number of unbranched alkanes of at least 4 members (excludes halogenated alkanes) is 5. The average molecular weight is 482 g/mol. The molecule has 0 aliphatic rings. The molecule has 0 atom stereocenters. The van der Waals surface area contributed by atoms with Crippen molar-refractivity contribution in [2.75, 3.05) is 13.7 Å². The Kier molecular flexibility index (Phi) is 5.99. The van der Waals surface area contributed by atoms with Crippen LogP contribution in [-0.2, 0) is 0 Å². The maximum absolute atomic E-state index is 6.11. The molecular weight excluding hydrogens is 450 g/mol. The van der Waals surface area contributed by atoms with Crippen molar-refractivity contribution in [1.29, 1.82) is 0 Å². The number of ether oxygens (including phenoxy) is 2. The Bertz CT molecular complexity index is 1660. The number of methoxy groups -OCH3 is 1. The van der Waals surface area contributed by atoms with E-state index in [-0.39, 0.29) is 0 Å². The van der Waals surface area contributed by atoms with Crippen LogP contribution in [-0.4, -0.2) is 18.7 Å². The van der Waals surface area contributed by atoms with Crippen molar-refractivity contribution in [3.05, 3.63) is 60.7 Å². The molecule has 0 spiro atoms. The van der Waals surface area contributed by atoms with Crippen LogP contribution in [0.4, 0.5) is 0 Å². The minimum absolute atomic E-state index is 0.800. The third-order valence-corrected chi connectivity index (χ3v) is 8.35. The lowest BCUT2D eigenvalue weighted by molar-refractivity contribution is 0.305. The lowest BCUT2D eigenvalue weighted by atomic mass is 10.0. The van der Waals surface area contributed by atoms with E-state index in [0.29, 0.717) is 0 Å². The summed E-state index contributed by atoms with van der Waals surface area (Å²) in [5.74, 6) is 1.85. The van der Waals surface area contributed by atoms with E-state index < -0.39 is 0 Å². The SMILES string of the molecule is CCCCCCCCOc1ccc2c(c1)sc1c2ccc2c1ccc1c3ccc(OC)cc3[nH]c12. The highest BCUT2D eigenvalue weighted by Gasteiger charge is 2.13. The number of rotatable bonds is 9. The van der Waals surface area contributed by atoms with Gasteiger partial charge in [0.2, 0.25) is 0 Å². The first-order chi connectivity index (χ1) is 17.3. The normalized spacial score (nSPS) is 11.9. The molecule has 0 unspecified atom stereocenters. The summed E-state index contributed by atoms with van der Waals surface area (Å²) in [6.45, 7) is 3.06. The fourth-order valence-electron chi connectivity index (χ4n) is 5.26. The highest BCUT2D eigenvalue weighted by molar-refractivity contribution is 7.26. The number of thiophene rings is 1. The molecule has 0 aliphatic carbocycles. The Balaban J connectivity index is 1.34. The van der Waals surface area contributed by atoms with Crippen molar-refractivity contribution in [2.45, 2.75) is 45.4 Å². The van der Waals surface area contributed by atoms with Crippen molar-refractivity contribution in [2.24, 2.45) is 0 Å². The molecule has 0 amide bonds. The molecule has 35 heavy (non-hydrogen) atoms. The number of H-pyrrole nitrogens is 1. The van der Waals surface area contributed by atoms with E-state index in [9.17, 15) is 0 Å². The third-order valence-electron chi connectivity index (χ3n) is 7.15. The maximum Gasteiger partial charge on any atom is 0.120 e. The van der Waals surface area contributed by atoms with Crippen LogP contribution >= 0.6 is 11.3 Å². The summed E-state index contributed by atoms with van der Waals surface area (Å²) in [4.78, 5) is 3.65. The van der Waals surface area contributed by atoms with Gasteiger partial charge in [0, 0.05) is 47.8 Å². The molecule has 0 saturated carbocycles. The van der Waals surface area contributed by atoms with E-state index in [2.05, 4.69) is 66.5 Å². The van der Waals surface area contributed by atoms with E-state index in [1.54, 1.807) is 7.11 Å². The molecule has 178 valence electrons. The average Bonchev–Trinajstić information content (AvgIpc) is 3.45. The highest BCUT2D eigenvalue weighted by atomic mass is 32.1. The smallest absolute Gasteiger partial charge is 0.120 e. The monoisotopic (exact) mass is 481 g/mol. The molecule has 0 saturated heterocycles. The lowest BCUT2D eigenvalue weighted by Gasteiger charge is -2.06. The van der Waals surface area contributed by atoms with Gasteiger partial charge in [-0.25, -0.2) is 0 Å². The van der Waals surface area contributed by atoms with Crippen LogP contribution in [0.2, 0.25) is 0 Å². The van der Waals surface area contributed by atoms with E-state index in [1.807, 2.05) is 17.4 Å². The number of benzene rings is 4. The van der Waals surface area contributed by atoms with Gasteiger partial charge in [0.15, 0.2) is 0 Å². The van der Waals surface area contributed by atoms with Gasteiger partial charge in [0.25, 0.3) is 0 Å². The summed E-state index contributed by atoms with van der Waals surface area (Å²) in [7, 11) is 1.71. The number of fused-ring (bicyclic) bond motifs is 9. The topological polar surface area (TPSA) is 34.2 Å². The Morgan fingerprint density at radius 2 is 1.34 bits per heavy atom. The van der Waals surface area contributed by atoms with Gasteiger partial charge in [-0.2, -0.15) is 0 Å². The predicted molar refractivity (Wildman–Crippen MR) is 152 cm³/mol. The van der Waals surface area contributed by atoms with Gasteiger partial charge in [0.05, 0.1) is 24.8 Å². The molecule has 2 heterocycles. The molecule has 3 nitrogen and oxygen atoms in total. The van der Waals surface area contributed by atoms with Crippen LogP contribution in [0.3, 0.4) is 0 Å². The zero-order chi connectivity index (χ0) is 23.8. The fraction of sp³-hybridized carbons (Fsp3) is 0.290. The van der Waals surface area contributed by atoms with Gasteiger partial charge < -0.3 is 14.5 Å². The second-order valence-electron chi connectivity index (χ2n) is 9.44. The predicted octanol–water partition coefficient (Wildman–Crippen LogP) is 9.59. The third kappa shape index (κ3) is 4.00. The van der Waals surface area contributed by atoms with Crippen molar-refractivity contribution in [3.8, 4) is 11.5 Å². The van der Waals surface area contributed by atoms with Crippen molar-refractivity contribution in [1.82, 2.24) is 4.98 Å². The lowest BCUT2D eigenvalue weighted by Crippen LogP contribution is -1.96. The van der Waals surface area contributed by atoms with Gasteiger partial charge >= 0.3 is 0 Å². The van der Waals surface area contributed by atoms with E-state index in [1.165, 1.54) is 79.3 Å². The van der Waals surface area contributed by atoms with Gasteiger partial charge in [-0.3, -0.25) is 0 Å². The number of aromatic nitrogens is 1. The van der Waals surface area contributed by atoms with Crippen molar-refractivity contribution >= 4 is 64.1 Å². The van der Waals surface area contributed by atoms with Crippen LogP contribution in [0.5, 0.6) is 11.5 Å². The zero-order valence-electron chi connectivity index (χ0n) is 20.4. The standard InChI is InChI=1S/C31H31NO2S/c1-3-4-5-6-7-8-17-34-21-10-12-23-26-15-14-25-27(31(26)35-29(23)19-21)16-13-24-22-11-9-20(33-2)18-28(22)32-30(24)25/h9-16,18-19,32H,3-8,17H2,1-2H3. The first-order valence-electron chi connectivity index (χ1n) is 12.8. The van der Waals surface area contributed by atoms with Crippen LogP contribution in [0.15, 0.2) is 60.7 Å². The fourth-order valence-corrected chi connectivity index (χ4v) is 6.52. The van der Waals surface area contributed by atoms with Gasteiger partial charge in [0.1, 0.15) is 11.5 Å². The first kappa shape index (κ1) is 22.2. The highest BCUT2D eigenvalue weighted by Crippen LogP contribution is 2.42. The minimum atomic E-state index is 0.800. The number of aromatic amines is 1. The van der Waals surface area contributed by atoms with Crippen LogP contribution in [0, 0.1) is 0 Å². The number of nitrogens with one attached hydrogen (secondary N) is 1. The summed E-state index contributed by atoms with van der Waals surface area (Å²) in [6.07, 6.45) is 7.69. The Morgan fingerprint density at radius 1 is 0.686 bits per heavy atom. The second-order valence-corrected chi connectivity index (χ2v) is 10.5. The molecule has 2 aromatic heterocycles. The molecular formula is C31H31NO2S. The molecule has 0 bridgehead atoms. The summed E-state index contributed by atoms with van der Waals surface area (Å²) < 4.78 is 14.2. The first-order valence-corrected chi connectivity index (χ1v) is 13.6. The molecule has 6 rings (SSSR count). The molecule has 0 radical (unpaired) electrons. The van der Waals surface area contributed by atoms with Gasteiger partial charge in [-0.05, 0) is 36.8 Å². The Hall–Kier alpha value is -3.24. The van der Waals surface area contributed by atoms with Crippen LogP contribution in [0.1, 0.15) is 45.4 Å². The van der Waals surface area contributed by atoms with E-state index >= 15 is 0 Å². The second kappa shape index (κ2) is 9.43. The summed E-state index contributed by atoms with van der Waals surface area (Å²) >= 11 is 1.87. The van der Waals surface area contributed by atoms with Crippen LogP contribution < -0.4 is 9.47 Å². The molecule has 1 N–H and O–H groups in total. The summed E-state index contributed by atoms with van der Waals surface area (Å²) in [6, 6.07) is 21.9. The van der Waals surface area contributed by atoms with Gasteiger partial charge in [-0.1, -0.05) is 63.3 Å². The van der Waals surface area contributed by atoms with E-state index in [4.69, 9.17) is 9.47 Å². The maximum atomic E-state index is 6.11. The zero-order valence-corrected chi connectivity index (χ0v) is 21.3. The van der Waals surface area contributed by atoms with E-state index in [0.717, 1.165) is 30.0 Å². The minimum Gasteiger partial charge on any atom is -0.497 e. The van der Waals surface area contributed by atoms with Crippen LogP contribution in [0.25, 0.3) is 52.8 Å². The largest absolute Gasteiger partial charge is 0.497 e. The summed E-state index contributed by atoms with van der Waals surface area (Å²) in [5.41, 5.74) is 2.29. The number of hydrogen-bond acceptors (Lipinski definition) is 3. The molecule has 4 heteroatoms. The molecule has 4 aromatic carbocycles. The van der Waals surface area contributed by atoms with Crippen molar-refractivity contribution < 1.29 is 9.47 Å². The number of hydrogen-bond donors (Lipinski definition) is 1. The van der Waals surface area contributed by atoms with Crippen molar-refractivity contribution in [3.63, 3.8) is 0 Å². The molecule has 0 fully saturated rings.